The van der Waals surface area contributed by atoms with E-state index < -0.39 is 0 Å². The van der Waals surface area contributed by atoms with E-state index in [1.165, 1.54) is 11.7 Å². The maximum atomic E-state index is 12.6. The number of anilines is 1. The van der Waals surface area contributed by atoms with Crippen LogP contribution in [0, 0.1) is 5.92 Å². The zero-order valence-electron chi connectivity index (χ0n) is 22.3. The lowest BCUT2D eigenvalue weighted by atomic mass is 9.97. The summed E-state index contributed by atoms with van der Waals surface area (Å²) >= 11 is 0. The molecule has 0 radical (unpaired) electrons. The zero-order chi connectivity index (χ0) is 26.9. The Morgan fingerprint density at radius 3 is 2.53 bits per heavy atom. The fraction of sp³-hybridized carbons (Fsp3) is 0.556. The van der Waals surface area contributed by atoms with Crippen LogP contribution in [0.25, 0.3) is 11.2 Å². The van der Waals surface area contributed by atoms with Crippen molar-refractivity contribution in [2.45, 2.75) is 52.0 Å². The molecule has 1 aliphatic heterocycles. The van der Waals surface area contributed by atoms with E-state index in [9.17, 15) is 9.59 Å². The van der Waals surface area contributed by atoms with Crippen LogP contribution in [-0.2, 0) is 16.1 Å². The molecule has 11 heteroatoms. The van der Waals surface area contributed by atoms with E-state index in [1.807, 2.05) is 24.3 Å². The summed E-state index contributed by atoms with van der Waals surface area (Å²) in [4.78, 5) is 38.0. The first-order valence-electron chi connectivity index (χ1n) is 13.4. The van der Waals surface area contributed by atoms with Gasteiger partial charge in [0.2, 0.25) is 0 Å². The van der Waals surface area contributed by atoms with Gasteiger partial charge in [-0.1, -0.05) is 25.5 Å². The minimum atomic E-state index is -0.304. The molecule has 11 nitrogen and oxygen atoms in total. The fourth-order valence-corrected chi connectivity index (χ4v) is 4.61. The Hall–Kier alpha value is -3.60. The van der Waals surface area contributed by atoms with Gasteiger partial charge in [0.25, 0.3) is 0 Å². The first-order valence-corrected chi connectivity index (χ1v) is 13.4. The van der Waals surface area contributed by atoms with Gasteiger partial charge in [0, 0.05) is 0 Å². The van der Waals surface area contributed by atoms with Crippen molar-refractivity contribution >= 4 is 23.0 Å². The van der Waals surface area contributed by atoms with Gasteiger partial charge in [0.15, 0.2) is 11.5 Å². The lowest BCUT2D eigenvalue weighted by Gasteiger charge is -2.30. The first kappa shape index (κ1) is 27.4. The molecule has 0 saturated carbocycles. The molecule has 4 rings (SSSR count). The Balaban J connectivity index is 1.25. The SMILES string of the molecule is CCCCOc1nc(N)c2[nH]c(=O)n(Cc3ccc(OCCCCN4CCC(C(=O)OC)CC4)cc3)c2n1. The van der Waals surface area contributed by atoms with Gasteiger partial charge >= 0.3 is 17.7 Å². The highest BCUT2D eigenvalue weighted by molar-refractivity contribution is 5.82. The standard InChI is InChI=1S/C27H38N6O5/c1-3-4-16-38-26-30-23(28)22-24(31-26)33(27(35)29-22)18-19-7-9-21(10-8-19)37-17-6-5-13-32-14-11-20(12-15-32)25(34)36-2/h7-10,20H,3-6,11-18H2,1-2H3,(H,29,35)(H2,28,30,31). The lowest BCUT2D eigenvalue weighted by molar-refractivity contribution is -0.147. The highest BCUT2D eigenvalue weighted by atomic mass is 16.5. The number of carbonyl (C=O) groups is 1. The molecule has 2 aromatic heterocycles. The predicted molar refractivity (Wildman–Crippen MR) is 144 cm³/mol. The van der Waals surface area contributed by atoms with Crippen molar-refractivity contribution in [3.05, 3.63) is 40.3 Å². The number of rotatable bonds is 13. The molecule has 3 heterocycles. The number of aromatic nitrogens is 4. The number of hydrogen-bond donors (Lipinski definition) is 2. The van der Waals surface area contributed by atoms with Gasteiger partial charge in [0.05, 0.1) is 32.8 Å². The molecule has 206 valence electrons. The van der Waals surface area contributed by atoms with Crippen molar-refractivity contribution in [3.63, 3.8) is 0 Å². The maximum Gasteiger partial charge on any atom is 0.328 e. The molecule has 1 fully saturated rings. The topological polar surface area (TPSA) is 138 Å². The maximum absolute atomic E-state index is 12.6. The third-order valence-corrected chi connectivity index (χ3v) is 6.88. The van der Waals surface area contributed by atoms with E-state index in [0.29, 0.717) is 30.9 Å². The van der Waals surface area contributed by atoms with Crippen molar-refractivity contribution in [3.8, 4) is 11.8 Å². The average Bonchev–Trinajstić information content (AvgIpc) is 3.24. The number of ether oxygens (including phenoxy) is 3. The second-order valence-corrected chi connectivity index (χ2v) is 9.65. The first-order chi connectivity index (χ1) is 18.5. The number of nitrogens with one attached hydrogen (secondary N) is 1. The van der Waals surface area contributed by atoms with E-state index in [-0.39, 0.29) is 29.4 Å². The van der Waals surface area contributed by atoms with Gasteiger partial charge in [-0.3, -0.25) is 9.36 Å². The number of nitrogens with two attached hydrogens (primary N) is 1. The number of aromatic amines is 1. The van der Waals surface area contributed by atoms with Crippen LogP contribution in [0.3, 0.4) is 0 Å². The van der Waals surface area contributed by atoms with Crippen molar-refractivity contribution in [1.82, 2.24) is 24.4 Å². The fourth-order valence-electron chi connectivity index (χ4n) is 4.61. The smallest absolute Gasteiger partial charge is 0.328 e. The Morgan fingerprint density at radius 2 is 1.82 bits per heavy atom. The minimum Gasteiger partial charge on any atom is -0.494 e. The summed E-state index contributed by atoms with van der Waals surface area (Å²) in [5.41, 5.74) is 7.49. The number of piperidine rings is 1. The molecule has 0 bridgehead atoms. The number of unbranched alkanes of at least 4 members (excludes halogenated alkanes) is 2. The normalized spacial score (nSPS) is 14.6. The number of benzene rings is 1. The number of likely N-dealkylation sites (tertiary alicyclic amines) is 1. The molecule has 3 aromatic rings. The highest BCUT2D eigenvalue weighted by Gasteiger charge is 2.25. The zero-order valence-corrected chi connectivity index (χ0v) is 22.3. The monoisotopic (exact) mass is 526 g/mol. The average molecular weight is 527 g/mol. The number of H-pyrrole nitrogens is 1. The summed E-state index contributed by atoms with van der Waals surface area (Å²) in [6.07, 6.45) is 5.60. The van der Waals surface area contributed by atoms with Crippen molar-refractivity contribution < 1.29 is 19.0 Å². The van der Waals surface area contributed by atoms with Gasteiger partial charge in [-0.2, -0.15) is 9.97 Å². The van der Waals surface area contributed by atoms with E-state index in [4.69, 9.17) is 19.9 Å². The quantitative estimate of drug-likeness (QED) is 0.254. The predicted octanol–water partition coefficient (Wildman–Crippen LogP) is 2.97. The molecular formula is C27H38N6O5. The Labute approximate surface area is 222 Å². The van der Waals surface area contributed by atoms with Gasteiger partial charge in [-0.15, -0.1) is 0 Å². The number of fused-ring (bicyclic) bond motifs is 1. The van der Waals surface area contributed by atoms with Crippen LogP contribution >= 0.6 is 0 Å². The number of nitrogen functional groups attached to an aromatic ring is 1. The molecule has 0 spiro atoms. The number of nitrogens with zero attached hydrogens (tertiary/aromatic N) is 4. The number of hydrogen-bond acceptors (Lipinski definition) is 9. The summed E-state index contributed by atoms with van der Waals surface area (Å²) < 4.78 is 17.9. The van der Waals surface area contributed by atoms with Crippen LogP contribution in [0.1, 0.15) is 51.0 Å². The summed E-state index contributed by atoms with van der Waals surface area (Å²) in [5, 5.41) is 0. The van der Waals surface area contributed by atoms with E-state index in [0.717, 1.165) is 69.5 Å². The number of carbonyl (C=O) groups excluding carboxylic acids is 1. The molecule has 38 heavy (non-hydrogen) atoms. The molecule has 0 amide bonds. The number of methoxy groups -OCH3 is 1. The second-order valence-electron chi connectivity index (χ2n) is 9.65. The minimum absolute atomic E-state index is 0.0468. The van der Waals surface area contributed by atoms with Gasteiger partial charge in [0.1, 0.15) is 11.3 Å². The van der Waals surface area contributed by atoms with Gasteiger partial charge in [-0.05, 0) is 69.4 Å². The van der Waals surface area contributed by atoms with E-state index in [1.54, 1.807) is 0 Å². The summed E-state index contributed by atoms with van der Waals surface area (Å²) in [6.45, 7) is 6.42. The van der Waals surface area contributed by atoms with E-state index in [2.05, 4.69) is 26.8 Å². The van der Waals surface area contributed by atoms with Gasteiger partial charge < -0.3 is 29.8 Å². The van der Waals surface area contributed by atoms with Gasteiger partial charge in [-0.25, -0.2) is 4.79 Å². The molecule has 0 unspecified atom stereocenters. The van der Waals surface area contributed by atoms with Crippen LogP contribution in [-0.4, -0.2) is 70.3 Å². The Bertz CT molecular complexity index is 1250. The summed E-state index contributed by atoms with van der Waals surface area (Å²) in [5.74, 6) is 0.937. The third-order valence-electron chi connectivity index (χ3n) is 6.88. The molecular weight excluding hydrogens is 488 g/mol. The Kier molecular flexibility index (Phi) is 9.58. The van der Waals surface area contributed by atoms with Crippen LogP contribution < -0.4 is 20.9 Å². The molecule has 1 aliphatic rings. The molecule has 0 atom stereocenters. The lowest BCUT2D eigenvalue weighted by Crippen LogP contribution is -2.37. The summed E-state index contributed by atoms with van der Waals surface area (Å²) in [6, 6.07) is 7.88. The van der Waals surface area contributed by atoms with Crippen LogP contribution in [0.2, 0.25) is 0 Å². The van der Waals surface area contributed by atoms with Crippen molar-refractivity contribution in [2.24, 2.45) is 5.92 Å². The highest BCUT2D eigenvalue weighted by Crippen LogP contribution is 2.21. The van der Waals surface area contributed by atoms with Crippen molar-refractivity contribution in [1.29, 1.82) is 0 Å². The van der Waals surface area contributed by atoms with E-state index >= 15 is 0 Å². The van der Waals surface area contributed by atoms with Crippen molar-refractivity contribution in [2.75, 3.05) is 45.7 Å². The van der Waals surface area contributed by atoms with Crippen LogP contribution in [0.4, 0.5) is 5.82 Å². The summed E-state index contributed by atoms with van der Waals surface area (Å²) in [7, 11) is 1.46. The molecule has 1 saturated heterocycles. The molecule has 3 N–H and O–H groups in total. The number of imidazole rings is 1. The number of esters is 1. The largest absolute Gasteiger partial charge is 0.494 e. The molecule has 1 aromatic carbocycles. The molecule has 0 aliphatic carbocycles. The third kappa shape index (κ3) is 7.03. The Morgan fingerprint density at radius 1 is 1.08 bits per heavy atom. The van der Waals surface area contributed by atoms with Crippen LogP contribution in [0.15, 0.2) is 29.1 Å². The van der Waals surface area contributed by atoms with Crippen LogP contribution in [0.5, 0.6) is 11.8 Å². The second kappa shape index (κ2) is 13.3.